The summed E-state index contributed by atoms with van der Waals surface area (Å²) in [5, 5.41) is 9.81. The Morgan fingerprint density at radius 1 is 1.23 bits per heavy atom. The summed E-state index contributed by atoms with van der Waals surface area (Å²) in [4.78, 5) is 24.5. The van der Waals surface area contributed by atoms with Gasteiger partial charge in [0, 0.05) is 35.2 Å². The molecule has 0 unspecified atom stereocenters. The Kier molecular flexibility index (Phi) is 5.98. The van der Waals surface area contributed by atoms with E-state index in [4.69, 9.17) is 14.2 Å². The van der Waals surface area contributed by atoms with Crippen LogP contribution >= 0.6 is 0 Å². The smallest absolute Gasteiger partial charge is 0.333 e. The van der Waals surface area contributed by atoms with Crippen molar-refractivity contribution in [2.45, 2.75) is 97.7 Å². The third-order valence-corrected chi connectivity index (χ3v) is 8.54. The molecule has 0 radical (unpaired) electrons. The molecule has 1 aliphatic carbocycles. The summed E-state index contributed by atoms with van der Waals surface area (Å²) in [5.74, 6) is -2.27. The first kappa shape index (κ1) is 24.0. The lowest BCUT2D eigenvalue weighted by atomic mass is 9.48. The lowest BCUT2D eigenvalue weighted by molar-refractivity contribution is -0.293. The Morgan fingerprint density at radius 2 is 1.87 bits per heavy atom. The molecule has 0 aromatic carbocycles. The zero-order chi connectivity index (χ0) is 23.4. The van der Waals surface area contributed by atoms with Crippen molar-refractivity contribution in [3.05, 3.63) is 24.3 Å². The molecule has 31 heavy (non-hydrogen) atoms. The van der Waals surface area contributed by atoms with E-state index in [-0.39, 0.29) is 30.3 Å². The summed E-state index contributed by atoms with van der Waals surface area (Å²) in [7, 11) is 0. The number of hydrogen-bond acceptors (Lipinski definition) is 5. The van der Waals surface area contributed by atoms with E-state index in [0.29, 0.717) is 12.0 Å². The van der Waals surface area contributed by atoms with E-state index in [1.807, 2.05) is 33.8 Å². The molecule has 1 N–H and O–H groups in total. The van der Waals surface area contributed by atoms with Crippen molar-refractivity contribution in [2.75, 3.05) is 0 Å². The predicted molar refractivity (Wildman–Crippen MR) is 117 cm³/mol. The van der Waals surface area contributed by atoms with Gasteiger partial charge in [0.2, 0.25) is 0 Å². The Morgan fingerprint density at radius 3 is 2.42 bits per heavy atom. The van der Waals surface area contributed by atoms with Crippen LogP contribution in [0.3, 0.4) is 0 Å². The van der Waals surface area contributed by atoms with Crippen LogP contribution in [0, 0.1) is 22.7 Å². The van der Waals surface area contributed by atoms with Crippen LogP contribution in [0.15, 0.2) is 24.3 Å². The molecule has 2 saturated heterocycles. The summed E-state index contributed by atoms with van der Waals surface area (Å²) in [5.41, 5.74) is -0.905. The molecule has 174 valence electrons. The monoisotopic (exact) mass is 434 g/mol. The first-order valence-electron chi connectivity index (χ1n) is 11.3. The average Bonchev–Trinajstić information content (AvgIpc) is 2.90. The van der Waals surface area contributed by atoms with Gasteiger partial charge in [-0.05, 0) is 46.5 Å². The molecule has 0 aromatic heterocycles. The number of hydrogen-bond donors (Lipinski definition) is 1. The number of esters is 1. The number of allylic oxidation sites excluding steroid dienone is 1. The second-order valence-corrected chi connectivity index (χ2v) is 10.8. The third kappa shape index (κ3) is 3.76. The maximum atomic E-state index is 12.6. The van der Waals surface area contributed by atoms with Gasteiger partial charge < -0.3 is 19.3 Å². The molecule has 3 fully saturated rings. The lowest BCUT2D eigenvalue weighted by Gasteiger charge is -2.57. The Balaban J connectivity index is 2.03. The van der Waals surface area contributed by atoms with Crippen molar-refractivity contribution in [1.29, 1.82) is 0 Å². The van der Waals surface area contributed by atoms with Crippen LogP contribution in [0.4, 0.5) is 0 Å². The van der Waals surface area contributed by atoms with Gasteiger partial charge in [-0.2, -0.15) is 0 Å². The predicted octanol–water partition coefficient (Wildman–Crippen LogP) is 4.88. The second-order valence-electron chi connectivity index (χ2n) is 10.8. The van der Waals surface area contributed by atoms with E-state index in [9.17, 15) is 14.7 Å². The molecule has 6 heteroatoms. The topological polar surface area (TPSA) is 82.1 Å². The highest BCUT2D eigenvalue weighted by Crippen LogP contribution is 2.67. The highest BCUT2D eigenvalue weighted by atomic mass is 16.7. The second kappa shape index (κ2) is 7.73. The zero-order valence-corrected chi connectivity index (χ0v) is 20.0. The summed E-state index contributed by atoms with van der Waals surface area (Å²) >= 11 is 0. The number of ether oxygens (including phenoxy) is 3. The molecule has 0 bridgehead atoms. The van der Waals surface area contributed by atoms with Crippen LogP contribution in [0.2, 0.25) is 0 Å². The standard InChI is InChI=1S/C25H38O6/c1-9-15(3)21(28)29-18-14-19-24(7,17(13-20(26)27)22(18,4)5)16-11-12-23(6,10-2)31-25(16,8)30-19/h9-10,16-19H,2,11-14H2,1,3-8H3,(H,26,27)/b15-9-/t16-,17+,18-,19+,23+,24-,25-/m0/s1. The molecular weight excluding hydrogens is 396 g/mol. The van der Waals surface area contributed by atoms with Gasteiger partial charge in [-0.3, -0.25) is 4.79 Å². The largest absolute Gasteiger partial charge is 0.481 e. The Labute approximate surface area is 186 Å². The van der Waals surface area contributed by atoms with E-state index < -0.39 is 34.3 Å². The lowest BCUT2D eigenvalue weighted by Crippen LogP contribution is -2.60. The van der Waals surface area contributed by atoms with Gasteiger partial charge in [0.1, 0.15) is 6.10 Å². The number of carbonyl (C=O) groups excluding carboxylic acids is 1. The first-order valence-corrected chi connectivity index (χ1v) is 11.3. The number of carboxylic acids is 1. The van der Waals surface area contributed by atoms with Gasteiger partial charge in [0.15, 0.2) is 5.79 Å². The molecule has 1 saturated carbocycles. The van der Waals surface area contributed by atoms with Crippen molar-refractivity contribution < 1.29 is 28.9 Å². The van der Waals surface area contributed by atoms with Crippen LogP contribution in [0.5, 0.6) is 0 Å². The minimum Gasteiger partial charge on any atom is -0.481 e. The van der Waals surface area contributed by atoms with Crippen molar-refractivity contribution in [2.24, 2.45) is 22.7 Å². The average molecular weight is 435 g/mol. The molecule has 0 aromatic rings. The first-order chi connectivity index (χ1) is 14.2. The van der Waals surface area contributed by atoms with Gasteiger partial charge in [-0.15, -0.1) is 6.58 Å². The molecule has 3 rings (SSSR count). The van der Waals surface area contributed by atoms with Gasteiger partial charge >= 0.3 is 11.9 Å². The molecule has 2 aliphatic heterocycles. The fourth-order valence-electron chi connectivity index (χ4n) is 6.53. The summed E-state index contributed by atoms with van der Waals surface area (Å²) in [6.45, 7) is 17.6. The normalized spacial score (nSPS) is 44.2. The summed E-state index contributed by atoms with van der Waals surface area (Å²) < 4.78 is 19.0. The van der Waals surface area contributed by atoms with Crippen LogP contribution in [-0.2, 0) is 23.8 Å². The molecule has 3 aliphatic rings. The maximum absolute atomic E-state index is 12.6. The molecule has 0 spiro atoms. The van der Waals surface area contributed by atoms with Gasteiger partial charge in [0.05, 0.1) is 11.7 Å². The van der Waals surface area contributed by atoms with E-state index in [2.05, 4.69) is 13.5 Å². The number of rotatable bonds is 5. The summed E-state index contributed by atoms with van der Waals surface area (Å²) in [6, 6.07) is 0. The van der Waals surface area contributed by atoms with Crippen LogP contribution in [0.1, 0.15) is 74.1 Å². The number of carboxylic acid groups (broad SMARTS) is 1. The number of fused-ring (bicyclic) bond motifs is 3. The van der Waals surface area contributed by atoms with Crippen molar-refractivity contribution >= 4 is 11.9 Å². The highest BCUT2D eigenvalue weighted by molar-refractivity contribution is 5.87. The number of aliphatic carboxylic acids is 1. The molecule has 6 nitrogen and oxygen atoms in total. The van der Waals surface area contributed by atoms with Crippen molar-refractivity contribution in [3.63, 3.8) is 0 Å². The zero-order valence-electron chi connectivity index (χ0n) is 20.0. The van der Waals surface area contributed by atoms with Crippen LogP contribution in [0.25, 0.3) is 0 Å². The Hall–Kier alpha value is -1.66. The third-order valence-electron chi connectivity index (χ3n) is 8.54. The van der Waals surface area contributed by atoms with Crippen LogP contribution in [-0.4, -0.2) is 40.6 Å². The van der Waals surface area contributed by atoms with Crippen molar-refractivity contribution in [1.82, 2.24) is 0 Å². The minimum atomic E-state index is -0.851. The highest BCUT2D eigenvalue weighted by Gasteiger charge is 2.70. The Bertz CT molecular complexity index is 800. The molecule has 7 atom stereocenters. The van der Waals surface area contributed by atoms with Crippen LogP contribution < -0.4 is 0 Å². The fourth-order valence-corrected chi connectivity index (χ4v) is 6.53. The van der Waals surface area contributed by atoms with E-state index in [0.717, 1.165) is 12.8 Å². The van der Waals surface area contributed by atoms with E-state index in [1.54, 1.807) is 19.9 Å². The molecule has 2 heterocycles. The van der Waals surface area contributed by atoms with Crippen molar-refractivity contribution in [3.8, 4) is 0 Å². The number of carbonyl (C=O) groups is 2. The summed E-state index contributed by atoms with van der Waals surface area (Å²) in [6.07, 6.45) is 5.01. The SMILES string of the molecule is C=C[C@]1(C)CC[C@@H]2[C@@](C)(O[C@@H]3C[C@H](OC(=O)/C(C)=C\C)C(C)(C)[C@@H](CC(=O)O)[C@]23C)O1. The van der Waals surface area contributed by atoms with Gasteiger partial charge in [-0.25, -0.2) is 4.79 Å². The van der Waals surface area contributed by atoms with E-state index >= 15 is 0 Å². The maximum Gasteiger partial charge on any atom is 0.333 e. The van der Waals surface area contributed by atoms with E-state index in [1.165, 1.54) is 0 Å². The molecule has 0 amide bonds. The van der Waals surface area contributed by atoms with Gasteiger partial charge in [-0.1, -0.05) is 32.9 Å². The minimum absolute atomic E-state index is 0.00862. The molecular formula is C25H38O6. The quantitative estimate of drug-likeness (QED) is 0.377. The van der Waals surface area contributed by atoms with Gasteiger partial charge in [0.25, 0.3) is 0 Å². The fraction of sp³-hybridized carbons (Fsp3) is 0.760.